The van der Waals surface area contributed by atoms with Crippen molar-refractivity contribution in [2.75, 3.05) is 20.8 Å². The van der Waals surface area contributed by atoms with E-state index in [2.05, 4.69) is 5.32 Å². The normalized spacial score (nSPS) is 11.6. The van der Waals surface area contributed by atoms with Crippen LogP contribution in [0.25, 0.3) is 0 Å². The average Bonchev–Trinajstić information content (AvgIpc) is 2.45. The fraction of sp³-hybridized carbons (Fsp3) is 0.385. The standard InChI is InChI=1S/C13H17NO6/c1-19-10-5-3-4-8(11(10)20-2)12(16)14-7-6-9(15)13(17)18/h3-5,9,15H,6-7H2,1-2H3,(H,14,16)(H,17,18)/t9-/m0/s1. The van der Waals surface area contributed by atoms with Crippen LogP contribution >= 0.6 is 0 Å². The maximum atomic E-state index is 12.0. The van der Waals surface area contributed by atoms with Gasteiger partial charge in [-0.25, -0.2) is 4.79 Å². The molecule has 3 N–H and O–H groups in total. The Morgan fingerprint density at radius 3 is 2.55 bits per heavy atom. The van der Waals surface area contributed by atoms with Crippen LogP contribution in [0.4, 0.5) is 0 Å². The highest BCUT2D eigenvalue weighted by atomic mass is 16.5. The van der Waals surface area contributed by atoms with E-state index in [1.807, 2.05) is 0 Å². The highest BCUT2D eigenvalue weighted by molar-refractivity contribution is 5.97. The maximum absolute atomic E-state index is 12.0. The Hall–Kier alpha value is -2.28. The van der Waals surface area contributed by atoms with Crippen LogP contribution < -0.4 is 14.8 Å². The minimum atomic E-state index is -1.50. The van der Waals surface area contributed by atoms with Crippen molar-refractivity contribution in [2.24, 2.45) is 0 Å². The lowest BCUT2D eigenvalue weighted by Crippen LogP contribution is -2.30. The summed E-state index contributed by atoms with van der Waals surface area (Å²) in [6, 6.07) is 4.86. The smallest absolute Gasteiger partial charge is 0.332 e. The van der Waals surface area contributed by atoms with Crippen LogP contribution in [0.1, 0.15) is 16.8 Å². The zero-order valence-electron chi connectivity index (χ0n) is 11.3. The van der Waals surface area contributed by atoms with Gasteiger partial charge in [0.15, 0.2) is 17.6 Å². The molecule has 0 unspecified atom stereocenters. The first-order valence-electron chi connectivity index (χ1n) is 5.91. The molecule has 0 aromatic heterocycles. The first-order chi connectivity index (χ1) is 9.51. The summed E-state index contributed by atoms with van der Waals surface area (Å²) in [4.78, 5) is 22.4. The fourth-order valence-corrected chi connectivity index (χ4v) is 1.61. The van der Waals surface area contributed by atoms with E-state index in [9.17, 15) is 9.59 Å². The molecule has 0 spiro atoms. The number of para-hydroxylation sites is 1. The number of rotatable bonds is 7. The minimum Gasteiger partial charge on any atom is -0.493 e. The number of methoxy groups -OCH3 is 2. The lowest BCUT2D eigenvalue weighted by atomic mass is 10.1. The quantitative estimate of drug-likeness (QED) is 0.663. The Kier molecular flexibility index (Phi) is 5.79. The molecular weight excluding hydrogens is 266 g/mol. The topological polar surface area (TPSA) is 105 Å². The Bertz CT molecular complexity index is 488. The van der Waals surface area contributed by atoms with Crippen LogP contribution in [0.5, 0.6) is 11.5 Å². The van der Waals surface area contributed by atoms with Gasteiger partial charge >= 0.3 is 5.97 Å². The number of aliphatic hydroxyl groups excluding tert-OH is 1. The molecule has 1 aromatic carbocycles. The first-order valence-corrected chi connectivity index (χ1v) is 5.91. The van der Waals surface area contributed by atoms with Gasteiger partial charge in [-0.1, -0.05) is 6.07 Å². The molecule has 20 heavy (non-hydrogen) atoms. The summed E-state index contributed by atoms with van der Waals surface area (Å²) in [7, 11) is 2.88. The van der Waals surface area contributed by atoms with Crippen molar-refractivity contribution in [2.45, 2.75) is 12.5 Å². The van der Waals surface area contributed by atoms with E-state index < -0.39 is 18.0 Å². The van der Waals surface area contributed by atoms with E-state index in [0.29, 0.717) is 11.5 Å². The highest BCUT2D eigenvalue weighted by Gasteiger charge is 2.17. The van der Waals surface area contributed by atoms with Crippen LogP contribution in [-0.2, 0) is 4.79 Å². The van der Waals surface area contributed by atoms with Crippen LogP contribution in [0.3, 0.4) is 0 Å². The third kappa shape index (κ3) is 3.86. The first kappa shape index (κ1) is 15.8. The van der Waals surface area contributed by atoms with Gasteiger partial charge in [-0.3, -0.25) is 4.79 Å². The summed E-state index contributed by atoms with van der Waals surface area (Å²) >= 11 is 0. The number of carboxylic acids is 1. The monoisotopic (exact) mass is 283 g/mol. The van der Waals surface area contributed by atoms with Crippen molar-refractivity contribution in [3.8, 4) is 11.5 Å². The van der Waals surface area contributed by atoms with Gasteiger partial charge in [0.2, 0.25) is 0 Å². The molecule has 0 aliphatic carbocycles. The van der Waals surface area contributed by atoms with Gasteiger partial charge in [-0.2, -0.15) is 0 Å². The van der Waals surface area contributed by atoms with Gasteiger partial charge in [0.05, 0.1) is 19.8 Å². The molecule has 7 nitrogen and oxygen atoms in total. The van der Waals surface area contributed by atoms with Gasteiger partial charge < -0.3 is 25.0 Å². The van der Waals surface area contributed by atoms with Crippen LogP contribution in [0, 0.1) is 0 Å². The van der Waals surface area contributed by atoms with Crippen molar-refractivity contribution in [3.05, 3.63) is 23.8 Å². The molecule has 1 amide bonds. The number of hydrogen-bond donors (Lipinski definition) is 3. The number of aliphatic carboxylic acids is 1. The second-order valence-electron chi connectivity index (χ2n) is 3.94. The second-order valence-corrected chi connectivity index (χ2v) is 3.94. The SMILES string of the molecule is COc1cccc(C(=O)NCC[C@H](O)C(=O)O)c1OC. The largest absolute Gasteiger partial charge is 0.493 e. The van der Waals surface area contributed by atoms with Gasteiger partial charge in [-0.15, -0.1) is 0 Å². The number of amides is 1. The van der Waals surface area contributed by atoms with E-state index in [-0.39, 0.29) is 18.5 Å². The molecule has 1 rings (SSSR count). The second kappa shape index (κ2) is 7.34. The summed E-state index contributed by atoms with van der Waals surface area (Å²) in [6.07, 6.45) is -1.57. The minimum absolute atomic E-state index is 0.0344. The number of aliphatic hydroxyl groups is 1. The van der Waals surface area contributed by atoms with E-state index in [0.717, 1.165) is 0 Å². The molecule has 110 valence electrons. The molecule has 0 radical (unpaired) electrons. The lowest BCUT2D eigenvalue weighted by Gasteiger charge is -2.13. The number of hydrogen-bond acceptors (Lipinski definition) is 5. The van der Waals surface area contributed by atoms with Gasteiger partial charge in [-0.05, 0) is 12.1 Å². The van der Waals surface area contributed by atoms with E-state index in [1.165, 1.54) is 14.2 Å². The summed E-state index contributed by atoms with van der Waals surface area (Å²) in [5.74, 6) is -1.03. The predicted molar refractivity (Wildman–Crippen MR) is 70.1 cm³/mol. The van der Waals surface area contributed by atoms with E-state index in [1.54, 1.807) is 18.2 Å². The van der Waals surface area contributed by atoms with Gasteiger partial charge in [0.25, 0.3) is 5.91 Å². The van der Waals surface area contributed by atoms with Crippen molar-refractivity contribution in [1.82, 2.24) is 5.32 Å². The fourth-order valence-electron chi connectivity index (χ4n) is 1.61. The average molecular weight is 283 g/mol. The molecule has 1 atom stereocenters. The Morgan fingerprint density at radius 1 is 1.30 bits per heavy atom. The highest BCUT2D eigenvalue weighted by Crippen LogP contribution is 2.30. The van der Waals surface area contributed by atoms with E-state index in [4.69, 9.17) is 19.7 Å². The number of carboxylic acid groups (broad SMARTS) is 1. The number of nitrogens with one attached hydrogen (secondary N) is 1. The maximum Gasteiger partial charge on any atom is 0.332 e. The predicted octanol–water partition coefficient (Wildman–Crippen LogP) is 0.269. The molecule has 7 heteroatoms. The zero-order chi connectivity index (χ0) is 15.1. The third-order valence-electron chi connectivity index (χ3n) is 2.64. The molecule has 0 heterocycles. The van der Waals surface area contributed by atoms with Gasteiger partial charge in [0.1, 0.15) is 0 Å². The molecule has 0 aliphatic heterocycles. The molecule has 1 aromatic rings. The number of carbonyl (C=O) groups excluding carboxylic acids is 1. The van der Waals surface area contributed by atoms with Crippen molar-refractivity contribution < 1.29 is 29.3 Å². The Balaban J connectivity index is 2.71. The summed E-state index contributed by atoms with van der Waals surface area (Å²) in [5, 5.41) is 20.1. The Labute approximate surface area is 116 Å². The number of ether oxygens (including phenoxy) is 2. The van der Waals surface area contributed by atoms with E-state index >= 15 is 0 Å². The van der Waals surface area contributed by atoms with Crippen LogP contribution in [0.15, 0.2) is 18.2 Å². The zero-order valence-corrected chi connectivity index (χ0v) is 11.3. The van der Waals surface area contributed by atoms with Crippen molar-refractivity contribution in [1.29, 1.82) is 0 Å². The molecule has 0 aliphatic rings. The van der Waals surface area contributed by atoms with Crippen LogP contribution in [-0.4, -0.2) is 49.0 Å². The summed E-state index contributed by atoms with van der Waals surface area (Å²) < 4.78 is 10.2. The summed E-state index contributed by atoms with van der Waals surface area (Å²) in [5.41, 5.74) is 0.275. The molecule has 0 fully saturated rings. The summed E-state index contributed by atoms with van der Waals surface area (Å²) in [6.45, 7) is 0.0344. The third-order valence-corrected chi connectivity index (χ3v) is 2.64. The Morgan fingerprint density at radius 2 is 2.00 bits per heavy atom. The molecular formula is C13H17NO6. The molecule has 0 saturated carbocycles. The lowest BCUT2D eigenvalue weighted by molar-refractivity contribution is -0.146. The molecule has 0 saturated heterocycles. The van der Waals surface area contributed by atoms with Crippen LogP contribution in [0.2, 0.25) is 0 Å². The molecule has 0 bridgehead atoms. The number of carbonyl (C=O) groups is 2. The van der Waals surface area contributed by atoms with Gasteiger partial charge in [0, 0.05) is 13.0 Å². The number of benzene rings is 1. The van der Waals surface area contributed by atoms with Crippen molar-refractivity contribution >= 4 is 11.9 Å². The van der Waals surface area contributed by atoms with Crippen molar-refractivity contribution in [3.63, 3.8) is 0 Å².